The molecular weight excluding hydrogens is 316 g/mol. The number of nitrogens with zero attached hydrogens (tertiary/aromatic N) is 3. The minimum Gasteiger partial charge on any atom is -0.355 e. The van der Waals surface area contributed by atoms with Crippen LogP contribution in [0.5, 0.6) is 0 Å². The molecule has 1 aromatic rings. The standard InChI is InChI=1S/C19H28N4O2/c24-18-7-6-16(19(25)21-10-14-22-11-3-4-12-22)15-23(18)13-8-17-5-1-2-9-20-17/h1-2,5,9,16H,3-4,6-8,10-15H2,(H,21,25)/t16-/m0/s1. The van der Waals surface area contributed by atoms with Crippen molar-refractivity contribution < 1.29 is 9.59 Å². The van der Waals surface area contributed by atoms with E-state index in [0.717, 1.165) is 31.7 Å². The molecule has 2 aliphatic heterocycles. The van der Waals surface area contributed by atoms with Gasteiger partial charge in [0.1, 0.15) is 0 Å². The SMILES string of the molecule is O=C(NCCN1CCCC1)[C@H]1CCC(=O)N(CCc2ccccn2)C1. The molecule has 0 saturated carbocycles. The van der Waals surface area contributed by atoms with Gasteiger partial charge in [0.25, 0.3) is 0 Å². The van der Waals surface area contributed by atoms with Gasteiger partial charge in [-0.25, -0.2) is 0 Å². The summed E-state index contributed by atoms with van der Waals surface area (Å²) in [5.74, 6) is 0.159. The third-order valence-corrected chi connectivity index (χ3v) is 5.16. The van der Waals surface area contributed by atoms with Crippen molar-refractivity contribution in [3.8, 4) is 0 Å². The van der Waals surface area contributed by atoms with E-state index >= 15 is 0 Å². The molecule has 0 spiro atoms. The highest BCUT2D eigenvalue weighted by Gasteiger charge is 2.29. The van der Waals surface area contributed by atoms with E-state index in [1.165, 1.54) is 12.8 Å². The molecule has 0 radical (unpaired) electrons. The molecule has 2 amide bonds. The summed E-state index contributed by atoms with van der Waals surface area (Å²) in [6, 6.07) is 5.81. The van der Waals surface area contributed by atoms with Gasteiger partial charge in [-0.15, -0.1) is 0 Å². The largest absolute Gasteiger partial charge is 0.355 e. The number of rotatable bonds is 7. The van der Waals surface area contributed by atoms with E-state index in [4.69, 9.17) is 0 Å². The number of likely N-dealkylation sites (tertiary alicyclic amines) is 2. The van der Waals surface area contributed by atoms with Crippen molar-refractivity contribution in [2.45, 2.75) is 32.1 Å². The third-order valence-electron chi connectivity index (χ3n) is 5.16. The zero-order valence-electron chi connectivity index (χ0n) is 14.8. The molecule has 0 aliphatic carbocycles. The van der Waals surface area contributed by atoms with Gasteiger partial charge in [-0.05, 0) is 44.5 Å². The van der Waals surface area contributed by atoms with E-state index in [1.54, 1.807) is 6.20 Å². The first-order chi connectivity index (χ1) is 12.2. The topological polar surface area (TPSA) is 65.5 Å². The van der Waals surface area contributed by atoms with Crippen LogP contribution in [0.1, 0.15) is 31.4 Å². The average Bonchev–Trinajstić information content (AvgIpc) is 3.15. The lowest BCUT2D eigenvalue weighted by Crippen LogP contribution is -2.47. The first-order valence-corrected chi connectivity index (χ1v) is 9.40. The van der Waals surface area contributed by atoms with Gasteiger partial charge in [-0.3, -0.25) is 14.6 Å². The summed E-state index contributed by atoms with van der Waals surface area (Å²) in [5.41, 5.74) is 0.979. The van der Waals surface area contributed by atoms with Gasteiger partial charge in [-0.2, -0.15) is 0 Å². The second-order valence-corrected chi connectivity index (χ2v) is 6.99. The van der Waals surface area contributed by atoms with Crippen molar-refractivity contribution in [3.05, 3.63) is 30.1 Å². The Labute approximate surface area is 149 Å². The molecule has 136 valence electrons. The van der Waals surface area contributed by atoms with Crippen LogP contribution in [-0.2, 0) is 16.0 Å². The maximum absolute atomic E-state index is 12.4. The lowest BCUT2D eigenvalue weighted by molar-refractivity contribution is -0.138. The molecule has 0 aromatic carbocycles. The summed E-state index contributed by atoms with van der Waals surface area (Å²) in [7, 11) is 0. The number of hydrogen-bond acceptors (Lipinski definition) is 4. The van der Waals surface area contributed by atoms with Crippen LogP contribution >= 0.6 is 0 Å². The van der Waals surface area contributed by atoms with Gasteiger partial charge in [0.2, 0.25) is 11.8 Å². The lowest BCUT2D eigenvalue weighted by atomic mass is 9.96. The molecule has 25 heavy (non-hydrogen) atoms. The van der Waals surface area contributed by atoms with Crippen molar-refractivity contribution in [2.75, 3.05) is 39.3 Å². The molecule has 3 rings (SSSR count). The van der Waals surface area contributed by atoms with Crippen molar-refractivity contribution in [1.82, 2.24) is 20.1 Å². The van der Waals surface area contributed by atoms with Gasteiger partial charge in [-0.1, -0.05) is 6.07 Å². The third kappa shape index (κ3) is 5.26. The number of nitrogens with one attached hydrogen (secondary N) is 1. The summed E-state index contributed by atoms with van der Waals surface area (Å²) >= 11 is 0. The minimum atomic E-state index is -0.0833. The molecule has 0 bridgehead atoms. The predicted octanol–water partition coefficient (Wildman–Crippen LogP) is 1.07. The summed E-state index contributed by atoms with van der Waals surface area (Å²) in [5, 5.41) is 3.06. The Morgan fingerprint density at radius 1 is 1.24 bits per heavy atom. The highest BCUT2D eigenvalue weighted by Crippen LogP contribution is 2.18. The molecular formula is C19H28N4O2. The van der Waals surface area contributed by atoms with E-state index < -0.39 is 0 Å². The fourth-order valence-electron chi connectivity index (χ4n) is 3.63. The van der Waals surface area contributed by atoms with Gasteiger partial charge < -0.3 is 15.1 Å². The Bertz CT molecular complexity index is 572. The van der Waals surface area contributed by atoms with Crippen LogP contribution in [-0.4, -0.2) is 65.9 Å². The molecule has 6 heteroatoms. The van der Waals surface area contributed by atoms with Crippen molar-refractivity contribution in [1.29, 1.82) is 0 Å². The Balaban J connectivity index is 1.42. The van der Waals surface area contributed by atoms with Gasteiger partial charge in [0.15, 0.2) is 0 Å². The number of hydrogen-bond donors (Lipinski definition) is 1. The number of amides is 2. The fourth-order valence-corrected chi connectivity index (χ4v) is 3.63. The number of carbonyl (C=O) groups excluding carboxylic acids is 2. The average molecular weight is 344 g/mol. The van der Waals surface area contributed by atoms with E-state index in [1.807, 2.05) is 23.1 Å². The van der Waals surface area contributed by atoms with E-state index in [9.17, 15) is 9.59 Å². The Kier molecular flexibility index (Phi) is 6.39. The monoisotopic (exact) mass is 344 g/mol. The maximum Gasteiger partial charge on any atom is 0.224 e. The highest BCUT2D eigenvalue weighted by molar-refractivity contribution is 5.83. The van der Waals surface area contributed by atoms with Crippen molar-refractivity contribution in [3.63, 3.8) is 0 Å². The zero-order valence-corrected chi connectivity index (χ0v) is 14.8. The first-order valence-electron chi connectivity index (χ1n) is 9.40. The maximum atomic E-state index is 12.4. The van der Waals surface area contributed by atoms with E-state index in [0.29, 0.717) is 32.5 Å². The Morgan fingerprint density at radius 2 is 2.08 bits per heavy atom. The smallest absolute Gasteiger partial charge is 0.224 e. The molecule has 3 heterocycles. The van der Waals surface area contributed by atoms with Gasteiger partial charge >= 0.3 is 0 Å². The summed E-state index contributed by atoms with van der Waals surface area (Å²) in [6.45, 7) is 5.09. The molecule has 2 aliphatic rings. The predicted molar refractivity (Wildman–Crippen MR) is 95.9 cm³/mol. The molecule has 6 nitrogen and oxygen atoms in total. The molecule has 1 aromatic heterocycles. The normalized spacial score (nSPS) is 21.5. The van der Waals surface area contributed by atoms with E-state index in [-0.39, 0.29) is 17.7 Å². The second kappa shape index (κ2) is 8.94. The first kappa shape index (κ1) is 17.9. The lowest BCUT2D eigenvalue weighted by Gasteiger charge is -2.32. The Morgan fingerprint density at radius 3 is 2.84 bits per heavy atom. The summed E-state index contributed by atoms with van der Waals surface area (Å²) in [4.78, 5) is 33.1. The molecule has 2 fully saturated rings. The molecule has 1 N–H and O–H groups in total. The van der Waals surface area contributed by atoms with Crippen LogP contribution in [0.2, 0.25) is 0 Å². The number of aromatic nitrogens is 1. The summed E-state index contributed by atoms with van der Waals surface area (Å²) in [6.07, 6.45) is 6.16. The second-order valence-electron chi connectivity index (χ2n) is 6.99. The van der Waals surface area contributed by atoms with Crippen molar-refractivity contribution >= 4 is 11.8 Å². The Hall–Kier alpha value is -1.95. The zero-order chi connectivity index (χ0) is 17.5. The van der Waals surface area contributed by atoms with Gasteiger partial charge in [0, 0.05) is 50.9 Å². The van der Waals surface area contributed by atoms with Crippen molar-refractivity contribution in [2.24, 2.45) is 5.92 Å². The minimum absolute atomic E-state index is 0.0833. The van der Waals surface area contributed by atoms with Crippen LogP contribution in [0.3, 0.4) is 0 Å². The van der Waals surface area contributed by atoms with Crippen LogP contribution in [0, 0.1) is 5.92 Å². The summed E-state index contributed by atoms with van der Waals surface area (Å²) < 4.78 is 0. The van der Waals surface area contributed by atoms with Crippen LogP contribution in [0.25, 0.3) is 0 Å². The fraction of sp³-hybridized carbons (Fsp3) is 0.632. The number of pyridine rings is 1. The quantitative estimate of drug-likeness (QED) is 0.804. The van der Waals surface area contributed by atoms with Gasteiger partial charge in [0.05, 0.1) is 5.92 Å². The number of piperidine rings is 1. The highest BCUT2D eigenvalue weighted by atomic mass is 16.2. The van der Waals surface area contributed by atoms with E-state index in [2.05, 4.69) is 15.2 Å². The van der Waals surface area contributed by atoms with Crippen LogP contribution in [0.4, 0.5) is 0 Å². The van der Waals surface area contributed by atoms with Crippen LogP contribution in [0.15, 0.2) is 24.4 Å². The van der Waals surface area contributed by atoms with Crippen LogP contribution < -0.4 is 5.32 Å². The number of carbonyl (C=O) groups is 2. The molecule has 2 saturated heterocycles. The molecule has 0 unspecified atom stereocenters. The molecule has 1 atom stereocenters.